The molecule has 0 radical (unpaired) electrons. The molecule has 4 nitrogen and oxygen atoms in total. The Morgan fingerprint density at radius 2 is 2.35 bits per heavy atom. The van der Waals surface area contributed by atoms with Crippen LogP contribution in [0.2, 0.25) is 0 Å². The molecule has 1 aromatic heterocycles. The van der Waals surface area contributed by atoms with Gasteiger partial charge in [0.15, 0.2) is 0 Å². The topological polar surface area (TPSA) is 53.8 Å². The molecule has 1 aromatic rings. The Balaban J connectivity index is 2.14. The number of hydrogen-bond donors (Lipinski definition) is 2. The third-order valence-electron chi connectivity index (χ3n) is 1.93. The summed E-state index contributed by atoms with van der Waals surface area (Å²) in [6.07, 6.45) is 1.10. The number of nitrogens with one attached hydrogen (secondary N) is 1. The largest absolute Gasteiger partial charge is 0.393 e. The van der Waals surface area contributed by atoms with Crippen LogP contribution in [0.15, 0.2) is 22.7 Å². The van der Waals surface area contributed by atoms with Crippen LogP contribution in [0.5, 0.6) is 0 Å². The van der Waals surface area contributed by atoms with E-state index in [1.54, 1.807) is 17.6 Å². The summed E-state index contributed by atoms with van der Waals surface area (Å²) in [6.45, 7) is 6.85. The maximum absolute atomic E-state index is 9.61. The summed E-state index contributed by atoms with van der Waals surface area (Å²) < 4.78 is 0. The molecule has 0 aliphatic rings. The zero-order chi connectivity index (χ0) is 12.7. The van der Waals surface area contributed by atoms with Crippen LogP contribution in [0, 0.1) is 0 Å². The SMILES string of the molecule is CC(C)(C)NCC(O)CO/N=C/c1cccs1. The number of thiophene rings is 1. The molecule has 1 atom stereocenters. The highest BCUT2D eigenvalue weighted by Crippen LogP contribution is 2.04. The third-order valence-corrected chi connectivity index (χ3v) is 2.74. The minimum Gasteiger partial charge on any atom is -0.393 e. The van der Waals surface area contributed by atoms with Crippen molar-refractivity contribution >= 4 is 17.6 Å². The molecule has 1 heterocycles. The fourth-order valence-corrected chi connectivity index (χ4v) is 1.64. The first-order valence-electron chi connectivity index (χ1n) is 5.59. The molecule has 17 heavy (non-hydrogen) atoms. The highest BCUT2D eigenvalue weighted by atomic mass is 32.1. The summed E-state index contributed by atoms with van der Waals surface area (Å²) in [4.78, 5) is 6.05. The van der Waals surface area contributed by atoms with Crippen LogP contribution in [0.25, 0.3) is 0 Å². The maximum atomic E-state index is 9.61. The number of aliphatic hydroxyl groups excluding tert-OH is 1. The molecule has 1 unspecified atom stereocenters. The van der Waals surface area contributed by atoms with E-state index >= 15 is 0 Å². The van der Waals surface area contributed by atoms with E-state index in [2.05, 4.69) is 31.2 Å². The van der Waals surface area contributed by atoms with Gasteiger partial charge in [0.1, 0.15) is 12.7 Å². The Morgan fingerprint density at radius 1 is 1.59 bits per heavy atom. The summed E-state index contributed by atoms with van der Waals surface area (Å²) in [6, 6.07) is 3.91. The fourth-order valence-electron chi connectivity index (χ4n) is 1.07. The molecule has 96 valence electrons. The van der Waals surface area contributed by atoms with Crippen LogP contribution in [0.4, 0.5) is 0 Å². The molecule has 0 saturated heterocycles. The van der Waals surface area contributed by atoms with E-state index in [1.165, 1.54) is 0 Å². The first-order chi connectivity index (χ1) is 7.97. The maximum Gasteiger partial charge on any atom is 0.144 e. The zero-order valence-corrected chi connectivity index (χ0v) is 11.3. The second kappa shape index (κ2) is 6.74. The summed E-state index contributed by atoms with van der Waals surface area (Å²) >= 11 is 1.59. The average molecular weight is 256 g/mol. The Hall–Kier alpha value is -0.910. The second-order valence-electron chi connectivity index (χ2n) is 4.83. The lowest BCUT2D eigenvalue weighted by Gasteiger charge is -2.22. The monoisotopic (exact) mass is 256 g/mol. The van der Waals surface area contributed by atoms with Gasteiger partial charge in [-0.2, -0.15) is 0 Å². The molecular formula is C12H20N2O2S. The minimum atomic E-state index is -0.547. The lowest BCUT2D eigenvalue weighted by atomic mass is 10.1. The average Bonchev–Trinajstić information content (AvgIpc) is 2.73. The number of aliphatic hydroxyl groups is 1. The van der Waals surface area contributed by atoms with E-state index in [-0.39, 0.29) is 12.1 Å². The van der Waals surface area contributed by atoms with Gasteiger partial charge in [-0.15, -0.1) is 11.3 Å². The van der Waals surface area contributed by atoms with Gasteiger partial charge in [-0.05, 0) is 32.2 Å². The molecule has 5 heteroatoms. The second-order valence-corrected chi connectivity index (χ2v) is 5.81. The van der Waals surface area contributed by atoms with Crippen molar-refractivity contribution < 1.29 is 9.94 Å². The van der Waals surface area contributed by atoms with E-state index in [9.17, 15) is 5.11 Å². The van der Waals surface area contributed by atoms with Crippen LogP contribution in [-0.2, 0) is 4.84 Å². The van der Waals surface area contributed by atoms with E-state index < -0.39 is 6.10 Å². The first-order valence-corrected chi connectivity index (χ1v) is 6.47. The molecule has 2 N–H and O–H groups in total. The lowest BCUT2D eigenvalue weighted by Crippen LogP contribution is -2.42. The Bertz CT molecular complexity index is 331. The van der Waals surface area contributed by atoms with Crippen LogP contribution in [-0.4, -0.2) is 36.1 Å². The standard InChI is InChI=1S/C12H20N2O2S/c1-12(2,3)13-7-10(15)9-16-14-8-11-5-4-6-17-11/h4-6,8,10,13,15H,7,9H2,1-3H3/b14-8+. The molecule has 0 saturated carbocycles. The number of oxime groups is 1. The van der Waals surface area contributed by atoms with Crippen LogP contribution in [0.1, 0.15) is 25.6 Å². The van der Waals surface area contributed by atoms with Crippen molar-refractivity contribution in [2.45, 2.75) is 32.4 Å². The van der Waals surface area contributed by atoms with Gasteiger partial charge in [-0.1, -0.05) is 11.2 Å². The smallest absolute Gasteiger partial charge is 0.144 e. The highest BCUT2D eigenvalue weighted by molar-refractivity contribution is 7.11. The van der Waals surface area contributed by atoms with Gasteiger partial charge < -0.3 is 15.3 Å². The summed E-state index contributed by atoms with van der Waals surface area (Å²) in [5, 5.41) is 18.6. The van der Waals surface area contributed by atoms with Gasteiger partial charge in [0.2, 0.25) is 0 Å². The molecule has 0 aromatic carbocycles. The third kappa shape index (κ3) is 7.10. The lowest BCUT2D eigenvalue weighted by molar-refractivity contribution is 0.0380. The van der Waals surface area contributed by atoms with E-state index in [1.807, 2.05) is 17.5 Å². The van der Waals surface area contributed by atoms with Crippen molar-refractivity contribution in [2.24, 2.45) is 5.16 Å². The minimum absolute atomic E-state index is 0.00121. The van der Waals surface area contributed by atoms with Crippen molar-refractivity contribution in [1.82, 2.24) is 5.32 Å². The molecule has 0 aliphatic carbocycles. The fraction of sp³-hybridized carbons (Fsp3) is 0.583. The predicted octanol–water partition coefficient (Wildman–Crippen LogP) is 1.85. The van der Waals surface area contributed by atoms with E-state index in [0.29, 0.717) is 6.54 Å². The Kier molecular flexibility index (Phi) is 5.61. The molecule has 0 spiro atoms. The highest BCUT2D eigenvalue weighted by Gasteiger charge is 2.12. The van der Waals surface area contributed by atoms with Gasteiger partial charge in [0, 0.05) is 17.0 Å². The van der Waals surface area contributed by atoms with Crippen LogP contribution in [0.3, 0.4) is 0 Å². The van der Waals surface area contributed by atoms with Gasteiger partial charge in [0.25, 0.3) is 0 Å². The predicted molar refractivity (Wildman–Crippen MR) is 71.6 cm³/mol. The van der Waals surface area contributed by atoms with Crippen molar-refractivity contribution in [1.29, 1.82) is 0 Å². The Morgan fingerprint density at radius 3 is 2.94 bits per heavy atom. The van der Waals surface area contributed by atoms with Crippen molar-refractivity contribution in [3.8, 4) is 0 Å². The van der Waals surface area contributed by atoms with Gasteiger partial charge in [0.05, 0.1) is 6.21 Å². The number of β-amino-alcohol motifs (C(OH)–C–C–N with tert-alkyl or cyclic N) is 1. The number of nitrogens with zero attached hydrogens (tertiary/aromatic N) is 1. The molecular weight excluding hydrogens is 236 g/mol. The number of hydrogen-bond acceptors (Lipinski definition) is 5. The van der Waals surface area contributed by atoms with Gasteiger partial charge in [-0.3, -0.25) is 0 Å². The number of rotatable bonds is 6. The normalized spacial score (nSPS) is 14.1. The molecule has 0 aliphatic heterocycles. The quantitative estimate of drug-likeness (QED) is 0.603. The zero-order valence-electron chi connectivity index (χ0n) is 10.5. The molecule has 0 amide bonds. The summed E-state index contributed by atoms with van der Waals surface area (Å²) in [5.74, 6) is 0. The van der Waals surface area contributed by atoms with Crippen LogP contribution < -0.4 is 5.32 Å². The van der Waals surface area contributed by atoms with Crippen molar-refractivity contribution in [3.05, 3.63) is 22.4 Å². The van der Waals surface area contributed by atoms with E-state index in [4.69, 9.17) is 4.84 Å². The molecule has 1 rings (SSSR count). The van der Waals surface area contributed by atoms with Crippen molar-refractivity contribution in [2.75, 3.05) is 13.2 Å². The molecule has 0 bridgehead atoms. The summed E-state index contributed by atoms with van der Waals surface area (Å²) in [5.41, 5.74) is 0.00121. The van der Waals surface area contributed by atoms with E-state index in [0.717, 1.165) is 4.88 Å². The molecule has 0 fully saturated rings. The first kappa shape index (κ1) is 14.2. The summed E-state index contributed by atoms with van der Waals surface area (Å²) in [7, 11) is 0. The van der Waals surface area contributed by atoms with Gasteiger partial charge >= 0.3 is 0 Å². The Labute approximate surface area is 106 Å². The van der Waals surface area contributed by atoms with Crippen LogP contribution >= 0.6 is 11.3 Å². The van der Waals surface area contributed by atoms with Gasteiger partial charge in [-0.25, -0.2) is 0 Å². The van der Waals surface area contributed by atoms with Crippen molar-refractivity contribution in [3.63, 3.8) is 0 Å².